The number of carbonyl (C=O) groups is 1. The van der Waals surface area contributed by atoms with Crippen molar-refractivity contribution < 1.29 is 4.79 Å². The van der Waals surface area contributed by atoms with Crippen LogP contribution in [0, 0.1) is 29.1 Å². The molecule has 4 unspecified atom stereocenters. The molecule has 0 aromatic carbocycles. The lowest BCUT2D eigenvalue weighted by Gasteiger charge is -2.52. The average Bonchev–Trinajstić information content (AvgIpc) is 2.79. The maximum absolute atomic E-state index is 11.6. The van der Waals surface area contributed by atoms with E-state index in [4.69, 9.17) is 0 Å². The van der Waals surface area contributed by atoms with E-state index >= 15 is 0 Å². The van der Waals surface area contributed by atoms with Gasteiger partial charge in [0.25, 0.3) is 0 Å². The minimum absolute atomic E-state index is 0.382. The van der Waals surface area contributed by atoms with E-state index in [2.05, 4.69) is 19.1 Å². The van der Waals surface area contributed by atoms with Crippen molar-refractivity contribution in [3.8, 4) is 0 Å². The van der Waals surface area contributed by atoms with Gasteiger partial charge in [-0.2, -0.15) is 0 Å². The summed E-state index contributed by atoms with van der Waals surface area (Å²) in [6.07, 6.45) is 15.5. The molecular formula is C18H24O. The second-order valence-corrected chi connectivity index (χ2v) is 7.49. The lowest BCUT2D eigenvalue weighted by molar-refractivity contribution is -0.115. The minimum Gasteiger partial charge on any atom is -0.295 e. The Morgan fingerprint density at radius 2 is 2.05 bits per heavy atom. The van der Waals surface area contributed by atoms with Crippen molar-refractivity contribution in [2.75, 3.05) is 0 Å². The molecule has 19 heavy (non-hydrogen) atoms. The topological polar surface area (TPSA) is 17.1 Å². The Balaban J connectivity index is 1.64. The summed E-state index contributed by atoms with van der Waals surface area (Å²) in [5.41, 5.74) is 2.00. The van der Waals surface area contributed by atoms with Crippen molar-refractivity contribution in [2.24, 2.45) is 29.1 Å². The Kier molecular flexibility index (Phi) is 2.56. The monoisotopic (exact) mass is 256 g/mol. The molecule has 0 bridgehead atoms. The quantitative estimate of drug-likeness (QED) is 0.591. The Hall–Kier alpha value is -0.850. The molecule has 4 aliphatic carbocycles. The average molecular weight is 256 g/mol. The van der Waals surface area contributed by atoms with Gasteiger partial charge in [-0.05, 0) is 73.7 Å². The van der Waals surface area contributed by atoms with Gasteiger partial charge in [-0.3, -0.25) is 4.79 Å². The van der Waals surface area contributed by atoms with Crippen molar-refractivity contribution in [2.45, 2.75) is 51.9 Å². The van der Waals surface area contributed by atoms with Crippen LogP contribution in [0.1, 0.15) is 51.9 Å². The molecule has 1 heteroatoms. The Labute approximate surface area is 116 Å². The van der Waals surface area contributed by atoms with Crippen molar-refractivity contribution in [3.63, 3.8) is 0 Å². The van der Waals surface area contributed by atoms with Gasteiger partial charge in [0.1, 0.15) is 0 Å². The Morgan fingerprint density at radius 1 is 1.16 bits per heavy atom. The van der Waals surface area contributed by atoms with Gasteiger partial charge in [0.2, 0.25) is 0 Å². The molecular weight excluding hydrogens is 232 g/mol. The van der Waals surface area contributed by atoms with E-state index in [1.165, 1.54) is 37.7 Å². The molecule has 0 amide bonds. The number of fused-ring (bicyclic) bond motifs is 5. The molecule has 0 aliphatic heterocycles. The lowest BCUT2D eigenvalue weighted by atomic mass is 9.52. The second kappa shape index (κ2) is 4.07. The standard InChI is InChI=1S/C18H24O/c1-18-9-2-3-17(18)16-6-4-12-11-13(19)5-7-14(12)15(16)8-10-18/h2,9,11,14-17H,3-8,10H2,1H3/t14?,15?,16?,17?,18-/m0/s1. The highest BCUT2D eigenvalue weighted by molar-refractivity contribution is 5.91. The maximum Gasteiger partial charge on any atom is 0.155 e. The van der Waals surface area contributed by atoms with E-state index in [9.17, 15) is 4.79 Å². The van der Waals surface area contributed by atoms with Gasteiger partial charge in [-0.15, -0.1) is 0 Å². The van der Waals surface area contributed by atoms with Gasteiger partial charge < -0.3 is 0 Å². The molecule has 0 heterocycles. The first-order valence-electron chi connectivity index (χ1n) is 8.08. The summed E-state index contributed by atoms with van der Waals surface area (Å²) in [7, 11) is 0. The van der Waals surface area contributed by atoms with E-state index < -0.39 is 0 Å². The Morgan fingerprint density at radius 3 is 2.95 bits per heavy atom. The summed E-state index contributed by atoms with van der Waals surface area (Å²) in [6.45, 7) is 2.48. The summed E-state index contributed by atoms with van der Waals surface area (Å²) in [6, 6.07) is 0. The zero-order valence-corrected chi connectivity index (χ0v) is 11.9. The highest BCUT2D eigenvalue weighted by Gasteiger charge is 2.50. The molecule has 2 fully saturated rings. The molecule has 5 atom stereocenters. The number of ketones is 1. The smallest absolute Gasteiger partial charge is 0.155 e. The summed E-state index contributed by atoms with van der Waals surface area (Å²) < 4.78 is 0. The maximum atomic E-state index is 11.6. The largest absolute Gasteiger partial charge is 0.295 e. The third-order valence-corrected chi connectivity index (χ3v) is 6.63. The van der Waals surface area contributed by atoms with E-state index in [-0.39, 0.29) is 0 Å². The highest BCUT2D eigenvalue weighted by atomic mass is 16.1. The van der Waals surface area contributed by atoms with Crippen LogP contribution in [-0.4, -0.2) is 5.78 Å². The molecule has 1 nitrogen and oxygen atoms in total. The number of hydrogen-bond acceptors (Lipinski definition) is 1. The van der Waals surface area contributed by atoms with Crippen LogP contribution in [0.4, 0.5) is 0 Å². The van der Waals surface area contributed by atoms with E-state index in [0.29, 0.717) is 11.2 Å². The normalized spacial score (nSPS) is 48.3. The van der Waals surface area contributed by atoms with Gasteiger partial charge in [-0.25, -0.2) is 0 Å². The van der Waals surface area contributed by atoms with Crippen LogP contribution in [0.3, 0.4) is 0 Å². The summed E-state index contributed by atoms with van der Waals surface area (Å²) in [4.78, 5) is 11.6. The summed E-state index contributed by atoms with van der Waals surface area (Å²) in [5.74, 6) is 3.83. The van der Waals surface area contributed by atoms with Crippen LogP contribution in [0.15, 0.2) is 23.8 Å². The van der Waals surface area contributed by atoms with Crippen molar-refractivity contribution in [1.29, 1.82) is 0 Å². The SMILES string of the molecule is C[C@@]12C=CCC1C1CCC3=CC(=O)CCC3C1CC2. The van der Waals surface area contributed by atoms with Gasteiger partial charge in [0, 0.05) is 6.42 Å². The lowest BCUT2D eigenvalue weighted by Crippen LogP contribution is -2.44. The van der Waals surface area contributed by atoms with Gasteiger partial charge in [0.15, 0.2) is 5.78 Å². The van der Waals surface area contributed by atoms with Gasteiger partial charge >= 0.3 is 0 Å². The molecule has 0 N–H and O–H groups in total. The number of carbonyl (C=O) groups excluding carboxylic acids is 1. The van der Waals surface area contributed by atoms with Crippen LogP contribution < -0.4 is 0 Å². The molecule has 0 saturated heterocycles. The molecule has 0 aromatic rings. The first-order valence-corrected chi connectivity index (χ1v) is 8.08. The molecule has 0 aromatic heterocycles. The van der Waals surface area contributed by atoms with Crippen LogP contribution in [0.25, 0.3) is 0 Å². The molecule has 4 rings (SSSR count). The molecule has 0 spiro atoms. The van der Waals surface area contributed by atoms with Crippen LogP contribution in [-0.2, 0) is 4.79 Å². The fourth-order valence-corrected chi connectivity index (χ4v) is 5.66. The number of hydrogen-bond donors (Lipinski definition) is 0. The molecule has 2 saturated carbocycles. The van der Waals surface area contributed by atoms with Crippen molar-refractivity contribution in [1.82, 2.24) is 0 Å². The second-order valence-electron chi connectivity index (χ2n) is 7.49. The first kappa shape index (κ1) is 11.9. The van der Waals surface area contributed by atoms with Gasteiger partial charge in [0.05, 0.1) is 0 Å². The third kappa shape index (κ3) is 1.70. The molecule has 4 aliphatic rings. The van der Waals surface area contributed by atoms with Crippen molar-refractivity contribution >= 4 is 5.78 Å². The predicted octanol–water partition coefficient (Wildman–Crippen LogP) is 4.29. The van der Waals surface area contributed by atoms with Crippen LogP contribution in [0.5, 0.6) is 0 Å². The van der Waals surface area contributed by atoms with Crippen LogP contribution >= 0.6 is 0 Å². The van der Waals surface area contributed by atoms with Crippen molar-refractivity contribution in [3.05, 3.63) is 23.8 Å². The first-order chi connectivity index (χ1) is 9.17. The van der Waals surface area contributed by atoms with Crippen LogP contribution in [0.2, 0.25) is 0 Å². The third-order valence-electron chi connectivity index (χ3n) is 6.63. The fourth-order valence-electron chi connectivity index (χ4n) is 5.66. The minimum atomic E-state index is 0.382. The predicted molar refractivity (Wildman–Crippen MR) is 76.6 cm³/mol. The molecule has 102 valence electrons. The van der Waals surface area contributed by atoms with E-state index in [1.807, 2.05) is 6.08 Å². The molecule has 0 radical (unpaired) electrons. The number of rotatable bonds is 0. The van der Waals surface area contributed by atoms with E-state index in [0.717, 1.165) is 36.5 Å². The zero-order valence-electron chi connectivity index (χ0n) is 11.9. The highest BCUT2D eigenvalue weighted by Crippen LogP contribution is 2.59. The fraction of sp³-hybridized carbons (Fsp3) is 0.722. The summed E-state index contributed by atoms with van der Waals surface area (Å²) in [5, 5.41) is 0. The van der Waals surface area contributed by atoms with Gasteiger partial charge in [-0.1, -0.05) is 24.6 Å². The zero-order chi connectivity index (χ0) is 13.0. The van der Waals surface area contributed by atoms with E-state index in [1.54, 1.807) is 0 Å². The summed E-state index contributed by atoms with van der Waals surface area (Å²) >= 11 is 0. The number of allylic oxidation sites excluding steroid dienone is 4. The Bertz CT molecular complexity index is 472.